The van der Waals surface area contributed by atoms with Crippen molar-refractivity contribution >= 4 is 11.8 Å². The van der Waals surface area contributed by atoms with Crippen LogP contribution >= 0.6 is 11.8 Å². The van der Waals surface area contributed by atoms with Crippen LogP contribution in [0.2, 0.25) is 0 Å². The lowest BCUT2D eigenvalue weighted by Crippen LogP contribution is -2.13. The van der Waals surface area contributed by atoms with Crippen LogP contribution in [0.1, 0.15) is 25.7 Å². The fourth-order valence-corrected chi connectivity index (χ4v) is 3.73. The van der Waals surface area contributed by atoms with Crippen LogP contribution in [0.15, 0.2) is 0 Å². The molecule has 0 aromatic rings. The second kappa shape index (κ2) is 4.70. The molecule has 76 valence electrons. The summed E-state index contributed by atoms with van der Waals surface area (Å²) in [6.45, 7) is 1.26. The number of thioether (sulfide) groups is 1. The molecule has 1 aliphatic heterocycles. The lowest BCUT2D eigenvalue weighted by molar-refractivity contribution is 0.413. The topological polar surface area (TPSA) is 12.0 Å². The molecule has 1 heterocycles. The second-order valence-electron chi connectivity index (χ2n) is 4.60. The van der Waals surface area contributed by atoms with Crippen molar-refractivity contribution in [2.45, 2.75) is 25.7 Å². The van der Waals surface area contributed by atoms with Crippen molar-refractivity contribution in [3.63, 3.8) is 0 Å². The summed E-state index contributed by atoms with van der Waals surface area (Å²) in [7, 11) is 2.08. The van der Waals surface area contributed by atoms with Crippen LogP contribution < -0.4 is 5.32 Å². The van der Waals surface area contributed by atoms with E-state index in [0.29, 0.717) is 0 Å². The van der Waals surface area contributed by atoms with Gasteiger partial charge in [0, 0.05) is 0 Å². The summed E-state index contributed by atoms with van der Waals surface area (Å²) < 4.78 is 0. The molecule has 2 aliphatic rings. The van der Waals surface area contributed by atoms with E-state index in [1.165, 1.54) is 43.7 Å². The van der Waals surface area contributed by atoms with Crippen LogP contribution in [-0.2, 0) is 0 Å². The highest BCUT2D eigenvalue weighted by Crippen LogP contribution is 2.44. The van der Waals surface area contributed by atoms with Crippen LogP contribution in [-0.4, -0.2) is 25.1 Å². The SMILES string of the molecule is CNCC1CC1CC1CCSCC1. The molecule has 13 heavy (non-hydrogen) atoms. The standard InChI is InChI=1S/C11H21NS/c1-12-8-11-7-10(11)6-9-2-4-13-5-3-9/h9-12H,2-8H2,1H3. The quantitative estimate of drug-likeness (QED) is 0.746. The Morgan fingerprint density at radius 3 is 2.69 bits per heavy atom. The van der Waals surface area contributed by atoms with Gasteiger partial charge in [-0.05, 0) is 68.5 Å². The van der Waals surface area contributed by atoms with Gasteiger partial charge in [-0.3, -0.25) is 0 Å². The molecular formula is C11H21NS. The molecule has 1 saturated carbocycles. The van der Waals surface area contributed by atoms with E-state index in [2.05, 4.69) is 24.1 Å². The van der Waals surface area contributed by atoms with Crippen LogP contribution in [0.5, 0.6) is 0 Å². The Hall–Kier alpha value is 0.310. The third-order valence-electron chi connectivity index (χ3n) is 3.51. The summed E-state index contributed by atoms with van der Waals surface area (Å²) in [4.78, 5) is 0. The molecule has 2 fully saturated rings. The first-order chi connectivity index (χ1) is 6.40. The van der Waals surface area contributed by atoms with Gasteiger partial charge in [0.2, 0.25) is 0 Å². The van der Waals surface area contributed by atoms with Crippen molar-refractivity contribution in [2.24, 2.45) is 17.8 Å². The molecule has 0 aromatic carbocycles. The van der Waals surface area contributed by atoms with E-state index in [1.807, 2.05) is 0 Å². The Morgan fingerprint density at radius 2 is 2.00 bits per heavy atom. The molecule has 0 radical (unpaired) electrons. The van der Waals surface area contributed by atoms with Crippen molar-refractivity contribution in [3.05, 3.63) is 0 Å². The minimum atomic E-state index is 1.03. The third kappa shape index (κ3) is 2.88. The first-order valence-corrected chi connectivity index (χ1v) is 6.78. The average Bonchev–Trinajstić information content (AvgIpc) is 2.86. The Labute approximate surface area is 86.0 Å². The van der Waals surface area contributed by atoms with E-state index < -0.39 is 0 Å². The van der Waals surface area contributed by atoms with Crippen molar-refractivity contribution in [3.8, 4) is 0 Å². The minimum Gasteiger partial charge on any atom is -0.319 e. The summed E-state index contributed by atoms with van der Waals surface area (Å²) in [6, 6.07) is 0. The molecule has 0 bridgehead atoms. The molecule has 2 atom stereocenters. The third-order valence-corrected chi connectivity index (χ3v) is 4.56. The zero-order chi connectivity index (χ0) is 9.10. The fourth-order valence-electron chi connectivity index (χ4n) is 2.52. The molecule has 2 unspecified atom stereocenters. The monoisotopic (exact) mass is 199 g/mol. The Kier molecular flexibility index (Phi) is 3.56. The maximum atomic E-state index is 3.29. The molecule has 0 spiro atoms. The zero-order valence-electron chi connectivity index (χ0n) is 8.59. The van der Waals surface area contributed by atoms with Crippen molar-refractivity contribution < 1.29 is 0 Å². The molecule has 0 aromatic heterocycles. The van der Waals surface area contributed by atoms with Crippen LogP contribution in [0, 0.1) is 17.8 Å². The highest BCUT2D eigenvalue weighted by Gasteiger charge is 2.37. The molecule has 0 amide bonds. The molecule has 1 N–H and O–H groups in total. The number of hydrogen-bond acceptors (Lipinski definition) is 2. The normalized spacial score (nSPS) is 34.8. The first kappa shape index (κ1) is 9.85. The van der Waals surface area contributed by atoms with Gasteiger partial charge in [0.1, 0.15) is 0 Å². The molecule has 2 heteroatoms. The second-order valence-corrected chi connectivity index (χ2v) is 5.83. The first-order valence-electron chi connectivity index (χ1n) is 5.62. The predicted octanol–water partition coefficient (Wildman–Crippen LogP) is 2.38. The van der Waals surface area contributed by atoms with Crippen molar-refractivity contribution in [1.82, 2.24) is 5.32 Å². The largest absolute Gasteiger partial charge is 0.319 e. The van der Waals surface area contributed by atoms with Gasteiger partial charge in [-0.1, -0.05) is 0 Å². The van der Waals surface area contributed by atoms with E-state index in [0.717, 1.165) is 17.8 Å². The minimum absolute atomic E-state index is 1.03. The summed E-state index contributed by atoms with van der Waals surface area (Å²) in [5.74, 6) is 6.04. The van der Waals surface area contributed by atoms with E-state index in [4.69, 9.17) is 0 Å². The molecule has 1 aliphatic carbocycles. The lowest BCUT2D eigenvalue weighted by Gasteiger charge is -2.21. The number of hydrogen-bond donors (Lipinski definition) is 1. The van der Waals surface area contributed by atoms with Crippen LogP contribution in [0.3, 0.4) is 0 Å². The highest BCUT2D eigenvalue weighted by molar-refractivity contribution is 7.99. The van der Waals surface area contributed by atoms with Gasteiger partial charge in [-0.25, -0.2) is 0 Å². The van der Waals surface area contributed by atoms with Gasteiger partial charge >= 0.3 is 0 Å². The van der Waals surface area contributed by atoms with Crippen molar-refractivity contribution in [1.29, 1.82) is 0 Å². The van der Waals surface area contributed by atoms with Gasteiger partial charge in [0.05, 0.1) is 0 Å². The van der Waals surface area contributed by atoms with Gasteiger partial charge in [-0.2, -0.15) is 11.8 Å². The van der Waals surface area contributed by atoms with Crippen LogP contribution in [0.25, 0.3) is 0 Å². The summed E-state index contributed by atoms with van der Waals surface area (Å²) in [5.41, 5.74) is 0. The Morgan fingerprint density at radius 1 is 1.23 bits per heavy atom. The van der Waals surface area contributed by atoms with E-state index >= 15 is 0 Å². The Bertz CT molecular complexity index is 154. The maximum Gasteiger partial charge on any atom is -0.00208 e. The summed E-state index contributed by atoms with van der Waals surface area (Å²) in [6.07, 6.45) is 6.03. The number of rotatable bonds is 4. The van der Waals surface area contributed by atoms with Crippen molar-refractivity contribution in [2.75, 3.05) is 25.1 Å². The highest BCUT2D eigenvalue weighted by atomic mass is 32.2. The lowest BCUT2D eigenvalue weighted by atomic mass is 9.95. The van der Waals surface area contributed by atoms with Gasteiger partial charge in [0.25, 0.3) is 0 Å². The summed E-state index contributed by atoms with van der Waals surface area (Å²) in [5, 5.41) is 3.29. The summed E-state index contributed by atoms with van der Waals surface area (Å²) >= 11 is 2.14. The zero-order valence-corrected chi connectivity index (χ0v) is 9.41. The van der Waals surface area contributed by atoms with Crippen LogP contribution in [0.4, 0.5) is 0 Å². The smallest absolute Gasteiger partial charge is 0.00208 e. The van der Waals surface area contributed by atoms with Gasteiger partial charge < -0.3 is 5.32 Å². The van der Waals surface area contributed by atoms with E-state index in [1.54, 1.807) is 0 Å². The molecule has 1 saturated heterocycles. The molecule has 1 nitrogen and oxygen atoms in total. The maximum absolute atomic E-state index is 3.29. The van der Waals surface area contributed by atoms with Gasteiger partial charge in [-0.15, -0.1) is 0 Å². The van der Waals surface area contributed by atoms with E-state index in [9.17, 15) is 0 Å². The number of nitrogens with one attached hydrogen (secondary N) is 1. The fraction of sp³-hybridized carbons (Fsp3) is 1.00. The average molecular weight is 199 g/mol. The van der Waals surface area contributed by atoms with E-state index in [-0.39, 0.29) is 0 Å². The Balaban J connectivity index is 1.62. The molecular weight excluding hydrogens is 178 g/mol. The predicted molar refractivity (Wildman–Crippen MR) is 60.2 cm³/mol. The van der Waals surface area contributed by atoms with Gasteiger partial charge in [0.15, 0.2) is 0 Å². The molecule has 2 rings (SSSR count).